The van der Waals surface area contributed by atoms with Gasteiger partial charge < -0.3 is 19.5 Å². The zero-order valence-corrected chi connectivity index (χ0v) is 15.2. The minimum absolute atomic E-state index is 0.0233. The molecule has 0 aliphatic carbocycles. The number of hydrogen-bond acceptors (Lipinski definition) is 7. The molecule has 0 spiro atoms. The zero-order chi connectivity index (χ0) is 19.1. The fourth-order valence-electron chi connectivity index (χ4n) is 3.86. The second-order valence-corrected chi connectivity index (χ2v) is 7.07. The Morgan fingerprint density at radius 2 is 2.07 bits per heavy atom. The van der Waals surface area contributed by atoms with Gasteiger partial charge in [0.15, 0.2) is 11.5 Å². The predicted octanol–water partition coefficient (Wildman–Crippen LogP) is 1.53. The van der Waals surface area contributed by atoms with E-state index >= 15 is 0 Å². The SMILES string of the molecule is O=c1ccc2cnc(N3CCC[C@H]3CO)nc2n1Cc1ccc2c(c1)OCO2. The third-order valence-electron chi connectivity index (χ3n) is 5.33. The highest BCUT2D eigenvalue weighted by atomic mass is 16.7. The number of aliphatic hydroxyl groups is 1. The summed E-state index contributed by atoms with van der Waals surface area (Å²) in [6.45, 7) is 1.45. The molecule has 0 saturated carbocycles. The molecular weight excluding hydrogens is 360 g/mol. The van der Waals surface area contributed by atoms with Crippen LogP contribution in [0.2, 0.25) is 0 Å². The first-order valence-corrected chi connectivity index (χ1v) is 9.35. The average molecular weight is 380 g/mol. The molecule has 28 heavy (non-hydrogen) atoms. The van der Waals surface area contributed by atoms with Gasteiger partial charge in [-0.1, -0.05) is 6.07 Å². The van der Waals surface area contributed by atoms with Gasteiger partial charge in [0.25, 0.3) is 5.56 Å². The Kier molecular flexibility index (Phi) is 4.12. The van der Waals surface area contributed by atoms with Crippen LogP contribution < -0.4 is 19.9 Å². The van der Waals surface area contributed by atoms with E-state index in [2.05, 4.69) is 4.98 Å². The molecule has 8 heteroatoms. The Labute approximate surface area is 161 Å². The first-order valence-electron chi connectivity index (χ1n) is 9.35. The van der Waals surface area contributed by atoms with E-state index in [1.54, 1.807) is 16.8 Å². The fourth-order valence-corrected chi connectivity index (χ4v) is 3.86. The van der Waals surface area contributed by atoms with Gasteiger partial charge >= 0.3 is 0 Å². The quantitative estimate of drug-likeness (QED) is 0.734. The summed E-state index contributed by atoms with van der Waals surface area (Å²) in [5, 5.41) is 10.4. The van der Waals surface area contributed by atoms with Crippen LogP contribution >= 0.6 is 0 Å². The summed E-state index contributed by atoms with van der Waals surface area (Å²) in [7, 11) is 0. The highest BCUT2D eigenvalue weighted by Gasteiger charge is 2.26. The van der Waals surface area contributed by atoms with Crippen LogP contribution in [-0.4, -0.2) is 45.6 Å². The number of fused-ring (bicyclic) bond motifs is 2. The monoisotopic (exact) mass is 380 g/mol. The standard InChI is InChI=1S/C20H20N4O4/c25-11-15-2-1-7-23(15)20-21-9-14-4-6-18(26)24(19(14)22-20)10-13-3-5-16-17(8-13)28-12-27-16/h3-6,8-9,15,25H,1-2,7,10-12H2/t15-/m0/s1. The summed E-state index contributed by atoms with van der Waals surface area (Å²) >= 11 is 0. The molecule has 2 aromatic heterocycles. The highest BCUT2D eigenvalue weighted by molar-refractivity contribution is 5.75. The van der Waals surface area contributed by atoms with Crippen LogP contribution in [0.3, 0.4) is 0 Å². The highest BCUT2D eigenvalue weighted by Crippen LogP contribution is 2.32. The molecule has 1 atom stereocenters. The van der Waals surface area contributed by atoms with E-state index in [1.165, 1.54) is 6.07 Å². The summed E-state index contributed by atoms with van der Waals surface area (Å²) in [6, 6.07) is 8.96. The number of benzene rings is 1. The molecule has 2 aliphatic heterocycles. The molecule has 5 rings (SSSR count). The molecule has 3 aromatic rings. The normalized spacial score (nSPS) is 18.2. The fraction of sp³-hybridized carbons (Fsp3) is 0.350. The average Bonchev–Trinajstić information content (AvgIpc) is 3.38. The minimum atomic E-state index is -0.130. The van der Waals surface area contributed by atoms with Crippen LogP contribution in [-0.2, 0) is 6.54 Å². The van der Waals surface area contributed by atoms with Crippen LogP contribution in [0.4, 0.5) is 5.95 Å². The van der Waals surface area contributed by atoms with Crippen molar-refractivity contribution in [3.63, 3.8) is 0 Å². The van der Waals surface area contributed by atoms with Gasteiger partial charge in [0.05, 0.1) is 19.2 Å². The molecular formula is C20H20N4O4. The van der Waals surface area contributed by atoms with Crippen LogP contribution in [0.25, 0.3) is 11.0 Å². The van der Waals surface area contributed by atoms with Crippen LogP contribution in [0.15, 0.2) is 41.3 Å². The number of anilines is 1. The Morgan fingerprint density at radius 1 is 1.18 bits per heavy atom. The molecule has 2 aliphatic rings. The number of ether oxygens (including phenoxy) is 2. The minimum Gasteiger partial charge on any atom is -0.454 e. The smallest absolute Gasteiger partial charge is 0.252 e. The maximum absolute atomic E-state index is 12.6. The number of rotatable bonds is 4. The van der Waals surface area contributed by atoms with E-state index in [0.717, 1.165) is 30.3 Å². The molecule has 1 N–H and O–H groups in total. The molecule has 8 nitrogen and oxygen atoms in total. The van der Waals surface area contributed by atoms with Crippen molar-refractivity contribution in [2.24, 2.45) is 0 Å². The second-order valence-electron chi connectivity index (χ2n) is 7.07. The molecule has 4 heterocycles. The number of aromatic nitrogens is 3. The zero-order valence-electron chi connectivity index (χ0n) is 15.2. The molecule has 1 aromatic carbocycles. The van der Waals surface area contributed by atoms with Crippen molar-refractivity contribution < 1.29 is 14.6 Å². The lowest BCUT2D eigenvalue weighted by atomic mass is 10.2. The van der Waals surface area contributed by atoms with Crippen LogP contribution in [0, 0.1) is 0 Å². The molecule has 0 unspecified atom stereocenters. The van der Waals surface area contributed by atoms with E-state index in [9.17, 15) is 9.90 Å². The van der Waals surface area contributed by atoms with Crippen LogP contribution in [0.1, 0.15) is 18.4 Å². The first kappa shape index (κ1) is 17.0. The van der Waals surface area contributed by atoms with Gasteiger partial charge in [-0.25, -0.2) is 4.98 Å². The maximum Gasteiger partial charge on any atom is 0.252 e. The van der Waals surface area contributed by atoms with Gasteiger partial charge in [-0.3, -0.25) is 9.36 Å². The Hall–Kier alpha value is -3.13. The van der Waals surface area contributed by atoms with E-state index in [-0.39, 0.29) is 25.0 Å². The molecule has 144 valence electrons. The molecule has 1 saturated heterocycles. The number of nitrogens with zero attached hydrogens (tertiary/aromatic N) is 4. The largest absolute Gasteiger partial charge is 0.454 e. The van der Waals surface area contributed by atoms with Crippen molar-refractivity contribution in [2.75, 3.05) is 24.8 Å². The molecule has 0 radical (unpaired) electrons. The van der Waals surface area contributed by atoms with Crippen LogP contribution in [0.5, 0.6) is 11.5 Å². The topological polar surface area (TPSA) is 89.7 Å². The Morgan fingerprint density at radius 3 is 2.96 bits per heavy atom. The number of hydrogen-bond donors (Lipinski definition) is 1. The molecule has 0 amide bonds. The summed E-state index contributed by atoms with van der Waals surface area (Å²) in [4.78, 5) is 23.8. The lowest BCUT2D eigenvalue weighted by Crippen LogP contribution is -2.33. The summed E-state index contributed by atoms with van der Waals surface area (Å²) < 4.78 is 12.4. The third kappa shape index (κ3) is 2.86. The Bertz CT molecular complexity index is 1100. The third-order valence-corrected chi connectivity index (χ3v) is 5.33. The van der Waals surface area contributed by atoms with Crippen molar-refractivity contribution >= 4 is 17.0 Å². The van der Waals surface area contributed by atoms with Crippen molar-refractivity contribution in [3.05, 3.63) is 52.4 Å². The summed E-state index contributed by atoms with van der Waals surface area (Å²) in [5.41, 5.74) is 1.38. The van der Waals surface area contributed by atoms with E-state index in [4.69, 9.17) is 14.5 Å². The number of aliphatic hydroxyl groups excluding tert-OH is 1. The van der Waals surface area contributed by atoms with E-state index in [1.807, 2.05) is 23.1 Å². The van der Waals surface area contributed by atoms with Crippen molar-refractivity contribution in [1.29, 1.82) is 0 Å². The van der Waals surface area contributed by atoms with Gasteiger partial charge in [0.1, 0.15) is 5.65 Å². The molecule has 1 fully saturated rings. The Balaban J connectivity index is 1.56. The maximum atomic E-state index is 12.6. The van der Waals surface area contributed by atoms with Crippen molar-refractivity contribution in [3.8, 4) is 11.5 Å². The van der Waals surface area contributed by atoms with Crippen molar-refractivity contribution in [2.45, 2.75) is 25.4 Å². The predicted molar refractivity (Wildman–Crippen MR) is 103 cm³/mol. The lowest BCUT2D eigenvalue weighted by Gasteiger charge is -2.23. The summed E-state index contributed by atoms with van der Waals surface area (Å²) in [6.07, 6.45) is 3.64. The summed E-state index contributed by atoms with van der Waals surface area (Å²) in [5.74, 6) is 1.95. The van der Waals surface area contributed by atoms with Gasteiger partial charge in [-0.05, 0) is 36.6 Å². The number of pyridine rings is 1. The first-order chi connectivity index (χ1) is 13.7. The van der Waals surface area contributed by atoms with Gasteiger partial charge in [-0.15, -0.1) is 0 Å². The van der Waals surface area contributed by atoms with Gasteiger partial charge in [-0.2, -0.15) is 4.98 Å². The van der Waals surface area contributed by atoms with Gasteiger partial charge in [0, 0.05) is 24.2 Å². The van der Waals surface area contributed by atoms with Crippen molar-refractivity contribution in [1.82, 2.24) is 14.5 Å². The van der Waals surface area contributed by atoms with E-state index in [0.29, 0.717) is 29.6 Å². The molecule has 0 bridgehead atoms. The van der Waals surface area contributed by atoms with Gasteiger partial charge in [0.2, 0.25) is 12.7 Å². The lowest BCUT2D eigenvalue weighted by molar-refractivity contribution is 0.174. The second kappa shape index (κ2) is 6.79. The van der Waals surface area contributed by atoms with E-state index < -0.39 is 0 Å².